The van der Waals surface area contributed by atoms with Crippen LogP contribution in [0.1, 0.15) is 18.1 Å². The highest BCUT2D eigenvalue weighted by atomic mass is 127. The van der Waals surface area contributed by atoms with Crippen molar-refractivity contribution >= 4 is 29.9 Å². The zero-order chi connectivity index (χ0) is 19.5. The summed E-state index contributed by atoms with van der Waals surface area (Å²) in [5, 5.41) is 6.64. The van der Waals surface area contributed by atoms with Gasteiger partial charge >= 0.3 is 0 Å². The molecule has 2 aromatic carbocycles. The highest BCUT2D eigenvalue weighted by Crippen LogP contribution is 2.39. The molecule has 0 bridgehead atoms. The lowest BCUT2D eigenvalue weighted by Gasteiger charge is -2.16. The number of benzene rings is 2. The molecule has 2 rings (SSSR count). The van der Waals surface area contributed by atoms with E-state index >= 15 is 0 Å². The first-order valence-corrected chi connectivity index (χ1v) is 9.07. The zero-order valence-electron chi connectivity index (χ0n) is 17.0. The number of nitrogens with one attached hydrogen (secondary N) is 2. The molecule has 0 aliphatic rings. The number of nitrogens with zero attached hydrogens (tertiary/aromatic N) is 1. The molecular weight excluding hydrogens is 469 g/mol. The van der Waals surface area contributed by atoms with Crippen LogP contribution in [0.25, 0.3) is 0 Å². The van der Waals surface area contributed by atoms with Crippen molar-refractivity contribution in [1.29, 1.82) is 0 Å². The van der Waals surface area contributed by atoms with Gasteiger partial charge in [-0.3, -0.25) is 0 Å². The normalized spacial score (nSPS) is 10.6. The topological polar surface area (TPSA) is 64.1 Å². The predicted molar refractivity (Wildman–Crippen MR) is 124 cm³/mol. The highest BCUT2D eigenvalue weighted by Gasteiger charge is 2.15. The second-order valence-corrected chi connectivity index (χ2v) is 5.85. The van der Waals surface area contributed by atoms with E-state index in [-0.39, 0.29) is 24.0 Å². The van der Waals surface area contributed by atoms with Crippen LogP contribution in [-0.4, -0.2) is 40.4 Å². The Labute approximate surface area is 184 Å². The van der Waals surface area contributed by atoms with Crippen LogP contribution >= 0.6 is 24.0 Å². The van der Waals surface area contributed by atoms with E-state index in [9.17, 15) is 0 Å². The zero-order valence-corrected chi connectivity index (χ0v) is 19.3. The molecular formula is C21H30IN3O3. The van der Waals surface area contributed by atoms with Gasteiger partial charge in [-0.15, -0.1) is 24.0 Å². The lowest BCUT2D eigenvalue weighted by atomic mass is 10.1. The van der Waals surface area contributed by atoms with Gasteiger partial charge in [0, 0.05) is 18.7 Å². The molecule has 28 heavy (non-hydrogen) atoms. The molecule has 0 unspecified atom stereocenters. The van der Waals surface area contributed by atoms with Crippen LogP contribution in [0.5, 0.6) is 17.2 Å². The molecule has 0 atom stereocenters. The Morgan fingerprint density at radius 3 is 2.21 bits per heavy atom. The second-order valence-electron chi connectivity index (χ2n) is 5.85. The number of rotatable bonds is 9. The average Bonchev–Trinajstić information content (AvgIpc) is 2.72. The first-order valence-electron chi connectivity index (χ1n) is 9.07. The Morgan fingerprint density at radius 2 is 1.61 bits per heavy atom. The van der Waals surface area contributed by atoms with E-state index in [1.165, 1.54) is 5.56 Å². The lowest BCUT2D eigenvalue weighted by Crippen LogP contribution is -2.38. The van der Waals surface area contributed by atoms with Gasteiger partial charge in [-0.05, 0) is 25.0 Å². The summed E-state index contributed by atoms with van der Waals surface area (Å²) in [6.07, 6.45) is 0.763. The van der Waals surface area contributed by atoms with Crippen molar-refractivity contribution in [2.75, 3.05) is 34.4 Å². The van der Waals surface area contributed by atoms with Gasteiger partial charge < -0.3 is 24.8 Å². The highest BCUT2D eigenvalue weighted by molar-refractivity contribution is 14.0. The molecule has 2 aromatic rings. The Morgan fingerprint density at radius 1 is 0.893 bits per heavy atom. The minimum Gasteiger partial charge on any atom is -0.493 e. The number of hydrogen-bond acceptors (Lipinski definition) is 4. The summed E-state index contributed by atoms with van der Waals surface area (Å²) in [5.41, 5.74) is 2.22. The Kier molecular flexibility index (Phi) is 11.2. The van der Waals surface area contributed by atoms with Crippen LogP contribution in [-0.2, 0) is 13.0 Å². The Balaban J connectivity index is 0.00000392. The standard InChI is InChI=1S/C21H29N3O3.HI/c1-5-22-21(24-15-16-9-7-6-8-10-16)23-14-13-17-11-12-18(25-2)20(27-4)19(17)26-3;/h6-12H,5,13-15H2,1-4H3,(H2,22,23,24);1H. The Hall–Kier alpha value is -2.16. The summed E-state index contributed by atoms with van der Waals surface area (Å²) in [4.78, 5) is 4.64. The molecule has 154 valence electrons. The number of guanidine groups is 1. The third-order valence-electron chi connectivity index (χ3n) is 4.08. The number of halogens is 1. The van der Waals surface area contributed by atoms with Crippen molar-refractivity contribution in [3.63, 3.8) is 0 Å². The third kappa shape index (κ3) is 6.78. The van der Waals surface area contributed by atoms with Crippen molar-refractivity contribution in [2.24, 2.45) is 4.99 Å². The molecule has 0 aromatic heterocycles. The van der Waals surface area contributed by atoms with Crippen molar-refractivity contribution in [3.8, 4) is 17.2 Å². The SMILES string of the molecule is CCNC(=NCc1ccccc1)NCCc1ccc(OC)c(OC)c1OC.I. The summed E-state index contributed by atoms with van der Waals surface area (Å²) in [6, 6.07) is 14.1. The van der Waals surface area contributed by atoms with Crippen molar-refractivity contribution in [1.82, 2.24) is 10.6 Å². The quantitative estimate of drug-likeness (QED) is 0.314. The molecule has 7 heteroatoms. The minimum absolute atomic E-state index is 0. The largest absolute Gasteiger partial charge is 0.493 e. The van der Waals surface area contributed by atoms with Crippen LogP contribution in [0.3, 0.4) is 0 Å². The molecule has 0 aliphatic carbocycles. The predicted octanol–water partition coefficient (Wildman–Crippen LogP) is 3.63. The molecule has 0 aliphatic heterocycles. The summed E-state index contributed by atoms with van der Waals surface area (Å²) in [5.74, 6) is 2.76. The fraction of sp³-hybridized carbons (Fsp3) is 0.381. The smallest absolute Gasteiger partial charge is 0.203 e. The van der Waals surface area contributed by atoms with Crippen molar-refractivity contribution in [3.05, 3.63) is 53.6 Å². The first-order chi connectivity index (χ1) is 13.2. The molecule has 0 saturated carbocycles. The maximum Gasteiger partial charge on any atom is 0.203 e. The number of methoxy groups -OCH3 is 3. The van der Waals surface area contributed by atoms with Gasteiger partial charge in [0.25, 0.3) is 0 Å². The summed E-state index contributed by atoms with van der Waals surface area (Å²) < 4.78 is 16.3. The van der Waals surface area contributed by atoms with E-state index in [4.69, 9.17) is 14.2 Å². The lowest BCUT2D eigenvalue weighted by molar-refractivity contribution is 0.322. The summed E-state index contributed by atoms with van der Waals surface area (Å²) in [7, 11) is 4.87. The second kappa shape index (κ2) is 13.1. The number of aliphatic imine (C=N–C) groups is 1. The van der Waals surface area contributed by atoms with Crippen LogP contribution in [0.15, 0.2) is 47.5 Å². The van der Waals surface area contributed by atoms with Gasteiger partial charge in [-0.1, -0.05) is 36.4 Å². The molecule has 0 saturated heterocycles. The van der Waals surface area contributed by atoms with Gasteiger partial charge in [0.05, 0.1) is 27.9 Å². The Bertz CT molecular complexity index is 739. The first kappa shape index (κ1) is 23.9. The monoisotopic (exact) mass is 499 g/mol. The molecule has 0 radical (unpaired) electrons. The van der Waals surface area contributed by atoms with Gasteiger partial charge in [-0.2, -0.15) is 0 Å². The van der Waals surface area contributed by atoms with Gasteiger partial charge in [0.2, 0.25) is 5.75 Å². The molecule has 0 fully saturated rings. The molecule has 6 nitrogen and oxygen atoms in total. The maximum atomic E-state index is 5.54. The fourth-order valence-electron chi connectivity index (χ4n) is 2.77. The van der Waals surface area contributed by atoms with Crippen LogP contribution in [0, 0.1) is 0 Å². The molecule has 0 heterocycles. The summed E-state index contributed by atoms with van der Waals surface area (Å²) in [6.45, 7) is 4.21. The third-order valence-corrected chi connectivity index (χ3v) is 4.08. The van der Waals surface area contributed by atoms with Crippen molar-refractivity contribution in [2.45, 2.75) is 19.9 Å². The van der Waals surface area contributed by atoms with Gasteiger partial charge in [0.1, 0.15) is 0 Å². The molecule has 0 amide bonds. The minimum atomic E-state index is 0. The van der Waals surface area contributed by atoms with Crippen LogP contribution in [0.2, 0.25) is 0 Å². The maximum absolute atomic E-state index is 5.54. The number of ether oxygens (including phenoxy) is 3. The van der Waals surface area contributed by atoms with E-state index in [2.05, 4.69) is 34.7 Å². The van der Waals surface area contributed by atoms with Crippen LogP contribution in [0.4, 0.5) is 0 Å². The van der Waals surface area contributed by atoms with E-state index in [0.29, 0.717) is 30.3 Å². The van der Waals surface area contributed by atoms with Gasteiger partial charge in [0.15, 0.2) is 17.5 Å². The van der Waals surface area contributed by atoms with E-state index in [1.54, 1.807) is 21.3 Å². The molecule has 0 spiro atoms. The van der Waals surface area contributed by atoms with Gasteiger partial charge in [-0.25, -0.2) is 4.99 Å². The molecule has 2 N–H and O–H groups in total. The fourth-order valence-corrected chi connectivity index (χ4v) is 2.77. The number of hydrogen-bond donors (Lipinski definition) is 2. The van der Waals surface area contributed by atoms with Crippen molar-refractivity contribution < 1.29 is 14.2 Å². The summed E-state index contributed by atoms with van der Waals surface area (Å²) >= 11 is 0. The average molecular weight is 499 g/mol. The van der Waals surface area contributed by atoms with E-state index in [1.807, 2.05) is 30.3 Å². The van der Waals surface area contributed by atoms with Crippen LogP contribution < -0.4 is 24.8 Å². The van der Waals surface area contributed by atoms with E-state index < -0.39 is 0 Å². The van der Waals surface area contributed by atoms with E-state index in [0.717, 1.165) is 24.5 Å².